The standard InChI is InChI=1S/C27H36N6O2Si/c1-18-15-29-27(31-24-9-7-8-23(24)30-19(2)34)32-26(18)22-16-33(17-35-12-13-36(4,5)6)25-14-20(28-3)10-11-21(22)25/h10-11,14-16,23-24H,7-9,12-13,17H2,1-2,4-6H3,(H,30,34)(H,29,31,32)/t23-,24-/m0/s1. The summed E-state index contributed by atoms with van der Waals surface area (Å²) in [7, 11) is -1.18. The van der Waals surface area contributed by atoms with Crippen molar-refractivity contribution in [3.05, 3.63) is 47.6 Å². The molecule has 1 amide bonds. The number of fused-ring (bicyclic) bond motifs is 1. The van der Waals surface area contributed by atoms with E-state index in [-0.39, 0.29) is 18.0 Å². The number of amides is 1. The van der Waals surface area contributed by atoms with Crippen LogP contribution < -0.4 is 10.6 Å². The molecule has 0 bridgehead atoms. The normalized spacial score (nSPS) is 17.8. The summed E-state index contributed by atoms with van der Waals surface area (Å²) in [5, 5.41) is 7.53. The Morgan fingerprint density at radius 2 is 2.06 bits per heavy atom. The van der Waals surface area contributed by atoms with Crippen LogP contribution in [0, 0.1) is 13.5 Å². The quantitative estimate of drug-likeness (QED) is 0.221. The molecule has 9 heteroatoms. The molecule has 190 valence electrons. The van der Waals surface area contributed by atoms with E-state index < -0.39 is 8.07 Å². The second-order valence-electron chi connectivity index (χ2n) is 10.9. The maximum absolute atomic E-state index is 11.6. The van der Waals surface area contributed by atoms with Crippen LogP contribution in [0.5, 0.6) is 0 Å². The van der Waals surface area contributed by atoms with Crippen LogP contribution in [0.15, 0.2) is 30.6 Å². The second kappa shape index (κ2) is 10.8. The number of aromatic nitrogens is 3. The van der Waals surface area contributed by atoms with Crippen LogP contribution in [0.3, 0.4) is 0 Å². The average molecular weight is 505 g/mol. The summed E-state index contributed by atoms with van der Waals surface area (Å²) in [5.74, 6) is 0.542. The molecule has 1 fully saturated rings. The van der Waals surface area contributed by atoms with Crippen LogP contribution in [0.2, 0.25) is 25.7 Å². The Hall–Kier alpha value is -3.22. The van der Waals surface area contributed by atoms with E-state index in [9.17, 15) is 4.79 Å². The molecule has 2 aromatic heterocycles. The summed E-state index contributed by atoms with van der Waals surface area (Å²) in [6.07, 6.45) is 6.88. The molecule has 1 saturated carbocycles. The second-order valence-corrected chi connectivity index (χ2v) is 16.5. The van der Waals surface area contributed by atoms with Crippen LogP contribution in [0.4, 0.5) is 11.6 Å². The Morgan fingerprint density at radius 3 is 2.78 bits per heavy atom. The maximum Gasteiger partial charge on any atom is 0.223 e. The van der Waals surface area contributed by atoms with Crippen molar-refractivity contribution >= 4 is 36.5 Å². The Kier molecular flexibility index (Phi) is 7.76. The van der Waals surface area contributed by atoms with Gasteiger partial charge in [-0.25, -0.2) is 14.8 Å². The summed E-state index contributed by atoms with van der Waals surface area (Å²) >= 11 is 0. The van der Waals surface area contributed by atoms with Gasteiger partial charge in [0.1, 0.15) is 6.73 Å². The molecule has 36 heavy (non-hydrogen) atoms. The van der Waals surface area contributed by atoms with E-state index in [0.717, 1.165) is 59.6 Å². The fraction of sp³-hybridized carbons (Fsp3) is 0.481. The lowest BCUT2D eigenvalue weighted by Crippen LogP contribution is -2.42. The number of carbonyl (C=O) groups excluding carboxylic acids is 1. The van der Waals surface area contributed by atoms with Crippen molar-refractivity contribution in [1.29, 1.82) is 0 Å². The van der Waals surface area contributed by atoms with Crippen molar-refractivity contribution in [3.8, 4) is 11.3 Å². The Morgan fingerprint density at radius 1 is 1.28 bits per heavy atom. The number of carbonyl (C=O) groups is 1. The number of hydrogen-bond acceptors (Lipinski definition) is 5. The minimum absolute atomic E-state index is 0.0159. The highest BCUT2D eigenvalue weighted by Crippen LogP contribution is 2.34. The van der Waals surface area contributed by atoms with Crippen LogP contribution in [0.25, 0.3) is 27.0 Å². The van der Waals surface area contributed by atoms with Crippen LogP contribution in [-0.2, 0) is 16.3 Å². The number of nitrogens with zero attached hydrogens (tertiary/aromatic N) is 4. The summed E-state index contributed by atoms with van der Waals surface area (Å²) in [5.41, 5.74) is 4.37. The Bertz CT molecular complexity index is 1290. The summed E-state index contributed by atoms with van der Waals surface area (Å²) < 4.78 is 8.12. The number of aryl methyl sites for hydroxylation is 1. The van der Waals surface area contributed by atoms with E-state index in [1.54, 1.807) is 6.92 Å². The number of hydrogen-bond donors (Lipinski definition) is 2. The van der Waals surface area contributed by atoms with Crippen molar-refractivity contribution in [2.75, 3.05) is 11.9 Å². The lowest BCUT2D eigenvalue weighted by molar-refractivity contribution is -0.119. The molecule has 0 aliphatic heterocycles. The number of anilines is 1. The molecular formula is C27H36N6O2Si. The van der Waals surface area contributed by atoms with E-state index in [4.69, 9.17) is 16.3 Å². The molecule has 0 spiro atoms. The highest BCUT2D eigenvalue weighted by atomic mass is 28.3. The monoisotopic (exact) mass is 504 g/mol. The van der Waals surface area contributed by atoms with Gasteiger partial charge in [-0.2, -0.15) is 0 Å². The number of ether oxygens (including phenoxy) is 1. The molecule has 3 aromatic rings. The van der Waals surface area contributed by atoms with Crippen molar-refractivity contribution in [2.24, 2.45) is 0 Å². The van der Waals surface area contributed by atoms with Crippen LogP contribution in [-0.4, -0.2) is 47.2 Å². The van der Waals surface area contributed by atoms with Gasteiger partial charge in [0.2, 0.25) is 11.9 Å². The van der Waals surface area contributed by atoms with Crippen LogP contribution in [0.1, 0.15) is 31.7 Å². The smallest absolute Gasteiger partial charge is 0.223 e. The van der Waals surface area contributed by atoms with Crippen molar-refractivity contribution in [1.82, 2.24) is 19.9 Å². The van der Waals surface area contributed by atoms with E-state index in [0.29, 0.717) is 18.4 Å². The molecule has 1 aromatic carbocycles. The van der Waals surface area contributed by atoms with Crippen molar-refractivity contribution in [3.63, 3.8) is 0 Å². The van der Waals surface area contributed by atoms with Gasteiger partial charge in [-0.05, 0) is 43.9 Å². The van der Waals surface area contributed by atoms with Gasteiger partial charge in [0.25, 0.3) is 0 Å². The third-order valence-corrected chi connectivity index (χ3v) is 8.37. The summed E-state index contributed by atoms with van der Waals surface area (Å²) in [6.45, 7) is 19.2. The lowest BCUT2D eigenvalue weighted by atomic mass is 10.1. The predicted molar refractivity (Wildman–Crippen MR) is 147 cm³/mol. The Balaban J connectivity index is 1.64. The van der Waals surface area contributed by atoms with E-state index >= 15 is 0 Å². The first-order valence-electron chi connectivity index (χ1n) is 12.6. The van der Waals surface area contributed by atoms with Gasteiger partial charge in [0.15, 0.2) is 5.69 Å². The molecule has 2 N–H and O–H groups in total. The minimum atomic E-state index is -1.18. The zero-order valence-corrected chi connectivity index (χ0v) is 22.9. The molecular weight excluding hydrogens is 468 g/mol. The number of nitrogens with one attached hydrogen (secondary N) is 2. The summed E-state index contributed by atoms with van der Waals surface area (Å²) in [6, 6.07) is 7.05. The number of rotatable bonds is 9. The molecule has 0 unspecified atom stereocenters. The zero-order valence-electron chi connectivity index (χ0n) is 21.9. The molecule has 0 radical (unpaired) electrons. The molecule has 1 aliphatic rings. The zero-order chi connectivity index (χ0) is 25.9. The van der Waals surface area contributed by atoms with Gasteiger partial charge in [-0.1, -0.05) is 31.8 Å². The Labute approximate surface area is 214 Å². The third kappa shape index (κ3) is 6.12. The fourth-order valence-corrected chi connectivity index (χ4v) is 5.46. The molecule has 8 nitrogen and oxygen atoms in total. The molecule has 0 saturated heterocycles. The van der Waals surface area contributed by atoms with Gasteiger partial charge in [-0.15, -0.1) is 0 Å². The molecule has 2 atom stereocenters. The summed E-state index contributed by atoms with van der Waals surface area (Å²) in [4.78, 5) is 24.7. The van der Waals surface area contributed by atoms with Gasteiger partial charge in [0.05, 0.1) is 12.3 Å². The van der Waals surface area contributed by atoms with Gasteiger partial charge < -0.3 is 19.9 Å². The highest BCUT2D eigenvalue weighted by Gasteiger charge is 2.28. The minimum Gasteiger partial charge on any atom is -0.361 e. The van der Waals surface area contributed by atoms with Crippen molar-refractivity contribution in [2.45, 2.75) is 77.6 Å². The first-order valence-corrected chi connectivity index (χ1v) is 16.3. The van der Waals surface area contributed by atoms with E-state index in [1.807, 2.05) is 31.3 Å². The lowest BCUT2D eigenvalue weighted by Gasteiger charge is -2.22. The third-order valence-electron chi connectivity index (χ3n) is 6.67. The van der Waals surface area contributed by atoms with E-state index in [2.05, 4.69) is 50.9 Å². The molecule has 1 aliphatic carbocycles. The highest BCUT2D eigenvalue weighted by molar-refractivity contribution is 6.76. The topological polar surface area (TPSA) is 85.4 Å². The largest absolute Gasteiger partial charge is 0.361 e. The SMILES string of the molecule is [C-]#[N+]c1ccc2c(-c3nc(N[C@H]4CCC[C@@H]4NC(C)=O)ncc3C)cn(COCC[Si](C)(C)C)c2c1. The first kappa shape index (κ1) is 25.9. The van der Waals surface area contributed by atoms with Crippen molar-refractivity contribution < 1.29 is 9.53 Å². The van der Waals surface area contributed by atoms with E-state index in [1.165, 1.54) is 0 Å². The average Bonchev–Trinajstić information content (AvgIpc) is 3.40. The van der Waals surface area contributed by atoms with Gasteiger partial charge >= 0.3 is 0 Å². The van der Waals surface area contributed by atoms with Gasteiger partial charge in [0, 0.05) is 62.5 Å². The predicted octanol–water partition coefficient (Wildman–Crippen LogP) is 5.74. The maximum atomic E-state index is 11.6. The molecule has 4 rings (SSSR count). The number of benzene rings is 1. The molecule has 2 heterocycles. The fourth-order valence-electron chi connectivity index (χ4n) is 4.70. The van der Waals surface area contributed by atoms with Crippen LogP contribution >= 0.6 is 0 Å². The van der Waals surface area contributed by atoms with Gasteiger partial charge in [-0.3, -0.25) is 4.79 Å². The first-order chi connectivity index (χ1) is 17.1.